The Morgan fingerprint density at radius 1 is 1.05 bits per heavy atom. The second-order valence-corrected chi connectivity index (χ2v) is 11.1. The minimum absolute atomic E-state index is 0.323. The Balaban J connectivity index is 1.56. The van der Waals surface area contributed by atoms with Crippen LogP contribution >= 0.6 is 0 Å². The van der Waals surface area contributed by atoms with Crippen LogP contribution in [0.5, 0.6) is 0 Å². The van der Waals surface area contributed by atoms with E-state index in [1.54, 1.807) is 0 Å². The Morgan fingerprint density at radius 3 is 2.27 bits per heavy atom. The second-order valence-electron chi connectivity index (χ2n) is 11.1. The van der Waals surface area contributed by atoms with Crippen molar-refractivity contribution in [3.63, 3.8) is 0 Å². The smallest absolute Gasteiger partial charge is 0.330 e. The van der Waals surface area contributed by atoms with E-state index < -0.39 is 72.2 Å². The molecule has 15 heteroatoms. The van der Waals surface area contributed by atoms with Gasteiger partial charge in [0.25, 0.3) is 11.5 Å². The maximum absolute atomic E-state index is 12.7. The zero-order valence-electron chi connectivity index (χ0n) is 25.3. The lowest BCUT2D eigenvalue weighted by Gasteiger charge is -2.35. The molecular weight excluding hydrogens is 580 g/mol. The van der Waals surface area contributed by atoms with Gasteiger partial charge in [-0.05, 0) is 12.5 Å². The zero-order chi connectivity index (χ0) is 32.2. The number of hydrogen-bond donors (Lipinski definition) is 6. The molecule has 0 unspecified atom stereocenters. The van der Waals surface area contributed by atoms with Crippen LogP contribution in [-0.2, 0) is 28.5 Å². The number of aromatic nitrogens is 2. The van der Waals surface area contributed by atoms with E-state index in [0.717, 1.165) is 48.6 Å². The van der Waals surface area contributed by atoms with Crippen LogP contribution in [0.4, 0.5) is 0 Å². The lowest BCUT2D eigenvalue weighted by molar-refractivity contribution is -0.241. The number of unbranched alkanes of at least 4 members (excludes halogenated alkanes) is 9. The van der Waals surface area contributed by atoms with Crippen LogP contribution in [0.3, 0.4) is 0 Å². The molecule has 0 spiro atoms. The molecule has 2 aliphatic rings. The fourth-order valence-corrected chi connectivity index (χ4v) is 5.29. The highest BCUT2D eigenvalue weighted by Gasteiger charge is 2.52. The van der Waals surface area contributed by atoms with Crippen molar-refractivity contribution in [1.29, 1.82) is 0 Å². The molecule has 0 aliphatic carbocycles. The first kappa shape index (κ1) is 35.4. The molecule has 1 aromatic rings. The molecule has 248 valence electrons. The summed E-state index contributed by atoms with van der Waals surface area (Å²) in [5, 5.41) is 34.4. The van der Waals surface area contributed by atoms with E-state index in [1.807, 2.05) is 4.98 Å². The number of nitrogens with two attached hydrogens (primary N) is 1. The number of ether oxygens (including phenoxy) is 4. The summed E-state index contributed by atoms with van der Waals surface area (Å²) in [6.07, 6.45) is 1.16. The van der Waals surface area contributed by atoms with Gasteiger partial charge in [-0.1, -0.05) is 64.7 Å². The molecule has 44 heavy (non-hydrogen) atoms. The maximum atomic E-state index is 12.7. The Kier molecular flexibility index (Phi) is 14.0. The quantitative estimate of drug-likeness (QED) is 0.116. The normalized spacial score (nSPS) is 27.4. The highest BCUT2D eigenvalue weighted by Crippen LogP contribution is 2.34. The number of nitrogens with one attached hydrogen (secondary N) is 2. The van der Waals surface area contributed by atoms with Crippen molar-refractivity contribution in [2.24, 2.45) is 5.73 Å². The van der Waals surface area contributed by atoms with Gasteiger partial charge < -0.3 is 45.3 Å². The second kappa shape index (κ2) is 17.4. The van der Waals surface area contributed by atoms with Gasteiger partial charge in [-0.15, -0.1) is 0 Å². The number of nitrogens with zero attached hydrogens (tertiary/aromatic N) is 1. The SMILES string of the molecule is CCCCCCCCCCCCNC(=O)C1=C[C@H](O)[C@H](O)[C@@H](O[C@@H](C(N)=O)[C@H]2O[C@@H](n3ccc(=O)[nH]c3=O)[C@H](O)[C@@H]2OC)O1. The van der Waals surface area contributed by atoms with Crippen LogP contribution in [-0.4, -0.2) is 93.3 Å². The van der Waals surface area contributed by atoms with Crippen LogP contribution in [0.15, 0.2) is 33.7 Å². The van der Waals surface area contributed by atoms with Gasteiger partial charge in [0.2, 0.25) is 12.2 Å². The molecule has 0 bridgehead atoms. The average molecular weight is 627 g/mol. The summed E-state index contributed by atoms with van der Waals surface area (Å²) in [4.78, 5) is 51.0. The van der Waals surface area contributed by atoms with E-state index in [0.29, 0.717) is 6.54 Å². The summed E-state index contributed by atoms with van der Waals surface area (Å²) in [6.45, 7) is 2.57. The first-order valence-corrected chi connectivity index (χ1v) is 15.2. The summed E-state index contributed by atoms with van der Waals surface area (Å²) in [5.74, 6) is -2.07. The number of carbonyl (C=O) groups is 2. The van der Waals surface area contributed by atoms with E-state index >= 15 is 0 Å². The standard InChI is InChI=1S/C29H46N4O11/c1-3-4-5-6-7-8-9-10-11-12-14-31-26(39)18-16-17(34)20(36)28(42-18)44-24(25(30)38)23-22(41-2)21(37)27(43-23)33-15-13-19(35)32-29(33)40/h13,15-17,20-24,27-28,34,36-37H,3-12,14H2,1-2H3,(H2,30,38)(H,31,39)(H,32,35,40)/t17-,20-,21+,22-,23-,24+,27+,28+/m0/s1. The Hall–Kier alpha value is -3.08. The van der Waals surface area contributed by atoms with Crippen molar-refractivity contribution in [1.82, 2.24) is 14.9 Å². The Morgan fingerprint density at radius 2 is 1.68 bits per heavy atom. The van der Waals surface area contributed by atoms with E-state index in [-0.39, 0.29) is 5.76 Å². The van der Waals surface area contributed by atoms with Crippen molar-refractivity contribution in [3.8, 4) is 0 Å². The Bertz CT molecular complexity index is 1220. The Labute approximate surface area is 255 Å². The van der Waals surface area contributed by atoms with Crippen molar-refractivity contribution >= 4 is 11.8 Å². The summed E-state index contributed by atoms with van der Waals surface area (Å²) in [6, 6.07) is 1.04. The number of methoxy groups -OCH3 is 1. The number of rotatable bonds is 18. The molecule has 3 heterocycles. The molecule has 2 aliphatic heterocycles. The third-order valence-electron chi connectivity index (χ3n) is 7.74. The van der Waals surface area contributed by atoms with E-state index in [9.17, 15) is 34.5 Å². The third-order valence-corrected chi connectivity index (χ3v) is 7.74. The molecular formula is C29H46N4O11. The van der Waals surface area contributed by atoms with Gasteiger partial charge in [-0.2, -0.15) is 0 Å². The van der Waals surface area contributed by atoms with Crippen LogP contribution in [0.2, 0.25) is 0 Å². The first-order chi connectivity index (χ1) is 21.1. The number of aliphatic hydroxyl groups excluding tert-OH is 3. The molecule has 15 nitrogen and oxygen atoms in total. The van der Waals surface area contributed by atoms with Gasteiger partial charge in [-0.3, -0.25) is 23.9 Å². The number of H-pyrrole nitrogens is 1. The van der Waals surface area contributed by atoms with Crippen molar-refractivity contribution < 1.29 is 43.9 Å². The number of primary amides is 1. The van der Waals surface area contributed by atoms with E-state index in [1.165, 1.54) is 45.6 Å². The van der Waals surface area contributed by atoms with Crippen LogP contribution < -0.4 is 22.3 Å². The van der Waals surface area contributed by atoms with Crippen molar-refractivity contribution in [2.45, 2.75) is 120 Å². The molecule has 1 saturated heterocycles. The highest BCUT2D eigenvalue weighted by atomic mass is 16.7. The van der Waals surface area contributed by atoms with Gasteiger partial charge in [0.05, 0.1) is 0 Å². The molecule has 7 N–H and O–H groups in total. The zero-order valence-corrected chi connectivity index (χ0v) is 25.3. The van der Waals surface area contributed by atoms with Crippen molar-refractivity contribution in [3.05, 3.63) is 44.9 Å². The summed E-state index contributed by atoms with van der Waals surface area (Å²) < 4.78 is 23.1. The average Bonchev–Trinajstić information content (AvgIpc) is 3.31. The lowest BCUT2D eigenvalue weighted by Crippen LogP contribution is -2.54. The minimum Gasteiger partial charge on any atom is -0.456 e. The number of carbonyl (C=O) groups excluding carboxylic acids is 2. The molecule has 1 fully saturated rings. The molecule has 1 aromatic heterocycles. The maximum Gasteiger partial charge on any atom is 0.330 e. The monoisotopic (exact) mass is 626 g/mol. The lowest BCUT2D eigenvalue weighted by atomic mass is 10.0. The first-order valence-electron chi connectivity index (χ1n) is 15.2. The fraction of sp³-hybridized carbons (Fsp3) is 0.724. The van der Waals surface area contributed by atoms with E-state index in [4.69, 9.17) is 24.7 Å². The largest absolute Gasteiger partial charge is 0.456 e. The van der Waals surface area contributed by atoms with Crippen LogP contribution in [0, 0.1) is 0 Å². The molecule has 0 saturated carbocycles. The topological polar surface area (TPSA) is 225 Å². The van der Waals surface area contributed by atoms with Gasteiger partial charge in [0.15, 0.2) is 18.1 Å². The summed E-state index contributed by atoms with van der Waals surface area (Å²) in [5.41, 5.74) is 4.01. The van der Waals surface area contributed by atoms with Gasteiger partial charge in [0, 0.05) is 25.9 Å². The van der Waals surface area contributed by atoms with E-state index in [2.05, 4.69) is 12.2 Å². The molecule has 0 aromatic carbocycles. The number of aliphatic hydroxyl groups is 3. The fourth-order valence-electron chi connectivity index (χ4n) is 5.29. The van der Waals surface area contributed by atoms with Gasteiger partial charge in [-0.25, -0.2) is 4.79 Å². The molecule has 0 radical (unpaired) electrons. The highest BCUT2D eigenvalue weighted by molar-refractivity contribution is 5.91. The molecule has 8 atom stereocenters. The van der Waals surface area contributed by atoms with Crippen molar-refractivity contribution in [2.75, 3.05) is 13.7 Å². The predicted octanol–water partition coefficient (Wildman–Crippen LogP) is -0.320. The number of hydrogen-bond acceptors (Lipinski definition) is 11. The van der Waals surface area contributed by atoms with Gasteiger partial charge in [0.1, 0.15) is 30.5 Å². The summed E-state index contributed by atoms with van der Waals surface area (Å²) in [7, 11) is 1.22. The summed E-state index contributed by atoms with van der Waals surface area (Å²) >= 11 is 0. The number of amides is 2. The van der Waals surface area contributed by atoms with Gasteiger partial charge >= 0.3 is 5.69 Å². The number of aromatic amines is 1. The van der Waals surface area contributed by atoms with Crippen LogP contribution in [0.25, 0.3) is 0 Å². The third kappa shape index (κ3) is 9.46. The molecule has 3 rings (SSSR count). The van der Waals surface area contributed by atoms with Crippen LogP contribution in [0.1, 0.15) is 77.4 Å². The predicted molar refractivity (Wildman–Crippen MR) is 156 cm³/mol. The molecule has 2 amide bonds. The minimum atomic E-state index is -1.74.